The van der Waals surface area contributed by atoms with Gasteiger partial charge in [0.05, 0.1) is 22.4 Å². The van der Waals surface area contributed by atoms with Gasteiger partial charge in [-0.2, -0.15) is 0 Å². The summed E-state index contributed by atoms with van der Waals surface area (Å²) in [6, 6.07) is 3.64. The molecule has 4 N–H and O–H groups in total. The Morgan fingerprint density at radius 3 is 2.89 bits per heavy atom. The standard InChI is InChI=1S/C14H20N4O/c1-3-4-5-6-16-11-8-13-12(7-10(11)15)18-14(19)9(2)17-13/h7-8,16H,3-6,15H2,1-2H3,(H,18,19). The Balaban J connectivity index is 2.27. The van der Waals surface area contributed by atoms with Crippen molar-refractivity contribution >= 4 is 22.4 Å². The normalized spacial score (nSPS) is 10.8. The number of fused-ring (bicyclic) bond motifs is 1. The third kappa shape index (κ3) is 3.05. The fourth-order valence-corrected chi connectivity index (χ4v) is 1.99. The summed E-state index contributed by atoms with van der Waals surface area (Å²) in [6.07, 6.45) is 3.51. The van der Waals surface area contributed by atoms with E-state index in [0.29, 0.717) is 16.9 Å². The summed E-state index contributed by atoms with van der Waals surface area (Å²) < 4.78 is 0. The van der Waals surface area contributed by atoms with Crippen molar-refractivity contribution in [3.8, 4) is 0 Å². The highest BCUT2D eigenvalue weighted by atomic mass is 16.1. The number of hydrogen-bond donors (Lipinski definition) is 3. The van der Waals surface area contributed by atoms with Crippen molar-refractivity contribution in [2.24, 2.45) is 0 Å². The van der Waals surface area contributed by atoms with E-state index in [0.717, 1.165) is 24.2 Å². The summed E-state index contributed by atoms with van der Waals surface area (Å²) in [4.78, 5) is 18.6. The number of nitrogen functional groups attached to an aromatic ring is 1. The van der Waals surface area contributed by atoms with E-state index in [1.807, 2.05) is 6.07 Å². The van der Waals surface area contributed by atoms with Crippen LogP contribution in [0.1, 0.15) is 31.9 Å². The Hall–Kier alpha value is -2.04. The van der Waals surface area contributed by atoms with E-state index in [1.165, 1.54) is 12.8 Å². The number of nitrogens with one attached hydrogen (secondary N) is 2. The number of unbranched alkanes of at least 4 members (excludes halogenated alkanes) is 2. The van der Waals surface area contributed by atoms with Gasteiger partial charge in [-0.1, -0.05) is 19.8 Å². The Morgan fingerprint density at radius 1 is 1.37 bits per heavy atom. The second-order valence-corrected chi connectivity index (χ2v) is 4.74. The van der Waals surface area contributed by atoms with E-state index in [2.05, 4.69) is 22.2 Å². The number of aryl methyl sites for hydroxylation is 1. The number of aromatic nitrogens is 2. The van der Waals surface area contributed by atoms with E-state index in [4.69, 9.17) is 5.73 Å². The molecule has 0 aliphatic carbocycles. The molecule has 0 atom stereocenters. The average Bonchev–Trinajstić information content (AvgIpc) is 2.37. The maximum absolute atomic E-state index is 11.5. The molecule has 1 aromatic carbocycles. The number of hydrogen-bond acceptors (Lipinski definition) is 4. The summed E-state index contributed by atoms with van der Waals surface area (Å²) in [6.45, 7) is 4.77. The molecular formula is C14H20N4O. The van der Waals surface area contributed by atoms with Crippen LogP contribution in [-0.4, -0.2) is 16.5 Å². The Kier molecular flexibility index (Phi) is 4.04. The lowest BCUT2D eigenvalue weighted by Gasteiger charge is -2.10. The Bertz CT molecular complexity index is 633. The highest BCUT2D eigenvalue weighted by Crippen LogP contribution is 2.23. The number of anilines is 2. The van der Waals surface area contributed by atoms with Gasteiger partial charge >= 0.3 is 0 Å². The van der Waals surface area contributed by atoms with Crippen LogP contribution < -0.4 is 16.6 Å². The third-order valence-corrected chi connectivity index (χ3v) is 3.13. The second-order valence-electron chi connectivity index (χ2n) is 4.74. The van der Waals surface area contributed by atoms with Crippen molar-refractivity contribution in [3.63, 3.8) is 0 Å². The second kappa shape index (κ2) is 5.73. The molecule has 0 radical (unpaired) electrons. The maximum atomic E-state index is 11.5. The van der Waals surface area contributed by atoms with E-state index in [-0.39, 0.29) is 5.56 Å². The van der Waals surface area contributed by atoms with Gasteiger partial charge in [-0.15, -0.1) is 0 Å². The molecule has 0 spiro atoms. The van der Waals surface area contributed by atoms with Crippen LogP contribution in [0.2, 0.25) is 0 Å². The molecule has 1 heterocycles. The van der Waals surface area contributed by atoms with Crippen LogP contribution in [0.15, 0.2) is 16.9 Å². The predicted molar refractivity (Wildman–Crippen MR) is 79.5 cm³/mol. The molecule has 19 heavy (non-hydrogen) atoms. The van der Waals surface area contributed by atoms with Crippen LogP contribution >= 0.6 is 0 Å². The van der Waals surface area contributed by atoms with Gasteiger partial charge in [-0.25, -0.2) is 4.98 Å². The lowest BCUT2D eigenvalue weighted by atomic mass is 10.2. The van der Waals surface area contributed by atoms with Gasteiger partial charge < -0.3 is 16.0 Å². The zero-order chi connectivity index (χ0) is 13.8. The molecule has 1 aromatic heterocycles. The van der Waals surface area contributed by atoms with Gasteiger partial charge in [0.2, 0.25) is 0 Å². The van der Waals surface area contributed by atoms with Crippen LogP contribution in [0.25, 0.3) is 11.0 Å². The Morgan fingerprint density at radius 2 is 2.16 bits per heavy atom. The molecule has 0 fully saturated rings. The first kappa shape index (κ1) is 13.4. The van der Waals surface area contributed by atoms with Crippen molar-refractivity contribution < 1.29 is 0 Å². The number of benzene rings is 1. The van der Waals surface area contributed by atoms with Gasteiger partial charge in [-0.3, -0.25) is 4.79 Å². The van der Waals surface area contributed by atoms with Crippen molar-refractivity contribution in [2.45, 2.75) is 33.1 Å². The molecule has 0 amide bonds. The number of nitrogens with two attached hydrogens (primary N) is 1. The molecule has 0 saturated carbocycles. The fourth-order valence-electron chi connectivity index (χ4n) is 1.99. The number of H-pyrrole nitrogens is 1. The van der Waals surface area contributed by atoms with Crippen LogP contribution in [-0.2, 0) is 0 Å². The van der Waals surface area contributed by atoms with Gasteiger partial charge in [0.25, 0.3) is 5.56 Å². The highest BCUT2D eigenvalue weighted by Gasteiger charge is 2.05. The van der Waals surface area contributed by atoms with Gasteiger partial charge in [0, 0.05) is 6.54 Å². The van der Waals surface area contributed by atoms with E-state index in [1.54, 1.807) is 13.0 Å². The fraction of sp³-hybridized carbons (Fsp3) is 0.429. The SMILES string of the molecule is CCCCCNc1cc2nc(C)c(=O)[nH]c2cc1N. The molecule has 5 heteroatoms. The summed E-state index contributed by atoms with van der Waals surface area (Å²) in [5.74, 6) is 0. The van der Waals surface area contributed by atoms with Gasteiger partial charge in [0.15, 0.2) is 0 Å². The topological polar surface area (TPSA) is 83.8 Å². The summed E-state index contributed by atoms with van der Waals surface area (Å²) >= 11 is 0. The minimum atomic E-state index is -0.171. The lowest BCUT2D eigenvalue weighted by molar-refractivity contribution is 0.744. The van der Waals surface area contributed by atoms with Crippen LogP contribution in [0.5, 0.6) is 0 Å². The van der Waals surface area contributed by atoms with Crippen molar-refractivity contribution in [3.05, 3.63) is 28.2 Å². The van der Waals surface area contributed by atoms with Crippen molar-refractivity contribution in [1.29, 1.82) is 0 Å². The molecule has 0 aliphatic heterocycles. The predicted octanol–water partition coefficient (Wildman–Crippen LogP) is 2.42. The first-order valence-corrected chi connectivity index (χ1v) is 6.66. The van der Waals surface area contributed by atoms with Crippen molar-refractivity contribution in [1.82, 2.24) is 9.97 Å². The molecule has 2 rings (SSSR count). The highest BCUT2D eigenvalue weighted by molar-refractivity contribution is 5.86. The molecule has 0 bridgehead atoms. The van der Waals surface area contributed by atoms with Crippen molar-refractivity contribution in [2.75, 3.05) is 17.6 Å². The molecule has 2 aromatic rings. The van der Waals surface area contributed by atoms with E-state index >= 15 is 0 Å². The Labute approximate surface area is 112 Å². The quantitative estimate of drug-likeness (QED) is 0.569. The summed E-state index contributed by atoms with van der Waals surface area (Å²) in [7, 11) is 0. The van der Waals surface area contributed by atoms with Gasteiger partial charge in [-0.05, 0) is 25.5 Å². The van der Waals surface area contributed by atoms with E-state index in [9.17, 15) is 4.79 Å². The number of nitrogens with zero attached hydrogens (tertiary/aromatic N) is 1. The zero-order valence-electron chi connectivity index (χ0n) is 11.4. The smallest absolute Gasteiger partial charge is 0.269 e. The molecular weight excluding hydrogens is 240 g/mol. The van der Waals surface area contributed by atoms with Crippen LogP contribution in [0.4, 0.5) is 11.4 Å². The molecule has 0 unspecified atom stereocenters. The minimum Gasteiger partial charge on any atom is -0.397 e. The molecule has 102 valence electrons. The number of aromatic amines is 1. The van der Waals surface area contributed by atoms with Crippen LogP contribution in [0.3, 0.4) is 0 Å². The molecule has 0 aliphatic rings. The van der Waals surface area contributed by atoms with Gasteiger partial charge in [0.1, 0.15) is 5.69 Å². The van der Waals surface area contributed by atoms with E-state index < -0.39 is 0 Å². The zero-order valence-corrected chi connectivity index (χ0v) is 11.4. The number of rotatable bonds is 5. The summed E-state index contributed by atoms with van der Waals surface area (Å²) in [5, 5.41) is 3.32. The van der Waals surface area contributed by atoms with Crippen LogP contribution in [0, 0.1) is 6.92 Å². The largest absolute Gasteiger partial charge is 0.397 e. The molecule has 0 saturated heterocycles. The first-order chi connectivity index (χ1) is 9.11. The average molecular weight is 260 g/mol. The lowest BCUT2D eigenvalue weighted by Crippen LogP contribution is -2.12. The monoisotopic (exact) mass is 260 g/mol. The first-order valence-electron chi connectivity index (χ1n) is 6.66. The maximum Gasteiger partial charge on any atom is 0.269 e. The molecule has 5 nitrogen and oxygen atoms in total. The minimum absolute atomic E-state index is 0.171. The summed E-state index contributed by atoms with van der Waals surface area (Å²) in [5.41, 5.74) is 9.21. The third-order valence-electron chi connectivity index (χ3n) is 3.13.